The SMILES string of the molecule is CC(C)(C)c1ccc(C2C(N)CCN2C2CC2)cc1. The highest BCUT2D eigenvalue weighted by Gasteiger charge is 2.41. The number of hydrogen-bond donors (Lipinski definition) is 1. The van der Waals surface area contributed by atoms with E-state index < -0.39 is 0 Å². The number of likely N-dealkylation sites (tertiary alicyclic amines) is 1. The fourth-order valence-corrected chi connectivity index (χ4v) is 3.28. The molecule has 0 amide bonds. The van der Waals surface area contributed by atoms with Crippen molar-refractivity contribution in [1.82, 2.24) is 4.90 Å². The summed E-state index contributed by atoms with van der Waals surface area (Å²) < 4.78 is 0. The Kier molecular flexibility index (Phi) is 3.18. The Labute approximate surface area is 117 Å². The van der Waals surface area contributed by atoms with Crippen LogP contribution < -0.4 is 5.73 Å². The van der Waals surface area contributed by atoms with Gasteiger partial charge in [0.15, 0.2) is 0 Å². The zero-order valence-corrected chi connectivity index (χ0v) is 12.4. The lowest BCUT2D eigenvalue weighted by atomic mass is 9.86. The van der Waals surface area contributed by atoms with Crippen molar-refractivity contribution in [2.75, 3.05) is 6.54 Å². The van der Waals surface area contributed by atoms with Crippen LogP contribution >= 0.6 is 0 Å². The molecular weight excluding hydrogens is 232 g/mol. The molecule has 0 spiro atoms. The Morgan fingerprint density at radius 3 is 2.21 bits per heavy atom. The molecular formula is C17H26N2. The summed E-state index contributed by atoms with van der Waals surface area (Å²) in [7, 11) is 0. The molecule has 1 saturated carbocycles. The highest BCUT2D eigenvalue weighted by atomic mass is 15.2. The van der Waals surface area contributed by atoms with Gasteiger partial charge in [0.25, 0.3) is 0 Å². The lowest BCUT2D eigenvalue weighted by Gasteiger charge is -2.28. The van der Waals surface area contributed by atoms with Crippen LogP contribution in [0.5, 0.6) is 0 Å². The van der Waals surface area contributed by atoms with Gasteiger partial charge in [-0.1, -0.05) is 45.0 Å². The zero-order valence-electron chi connectivity index (χ0n) is 12.4. The summed E-state index contributed by atoms with van der Waals surface area (Å²) in [5, 5.41) is 0. The lowest BCUT2D eigenvalue weighted by molar-refractivity contribution is 0.237. The normalized spacial score (nSPS) is 28.8. The standard InChI is InChI=1S/C17H26N2/c1-17(2,3)13-6-4-12(5-7-13)16-15(18)10-11-19(16)14-8-9-14/h4-7,14-16H,8-11,18H2,1-3H3. The quantitative estimate of drug-likeness (QED) is 0.882. The van der Waals surface area contributed by atoms with Gasteiger partial charge in [-0.2, -0.15) is 0 Å². The molecule has 0 radical (unpaired) electrons. The highest BCUT2D eigenvalue weighted by molar-refractivity contribution is 5.31. The summed E-state index contributed by atoms with van der Waals surface area (Å²) in [5.41, 5.74) is 9.39. The zero-order chi connectivity index (χ0) is 13.6. The fraction of sp³-hybridized carbons (Fsp3) is 0.647. The van der Waals surface area contributed by atoms with Gasteiger partial charge in [-0.15, -0.1) is 0 Å². The first kappa shape index (κ1) is 13.1. The Morgan fingerprint density at radius 1 is 1.05 bits per heavy atom. The molecule has 1 aliphatic carbocycles. The largest absolute Gasteiger partial charge is 0.326 e. The molecule has 0 bridgehead atoms. The number of hydrogen-bond acceptors (Lipinski definition) is 2. The second-order valence-electron chi connectivity index (χ2n) is 7.24. The predicted octanol–water partition coefficient (Wildman–Crippen LogP) is 3.22. The molecule has 2 nitrogen and oxygen atoms in total. The van der Waals surface area contributed by atoms with E-state index in [-0.39, 0.29) is 5.41 Å². The summed E-state index contributed by atoms with van der Waals surface area (Å²) in [6.07, 6.45) is 3.87. The van der Waals surface area contributed by atoms with Crippen LogP contribution in [0.3, 0.4) is 0 Å². The van der Waals surface area contributed by atoms with Crippen molar-refractivity contribution in [3.8, 4) is 0 Å². The van der Waals surface area contributed by atoms with Crippen LogP contribution in [-0.2, 0) is 5.41 Å². The molecule has 1 aromatic carbocycles. The summed E-state index contributed by atoms with van der Waals surface area (Å²) in [4.78, 5) is 2.64. The molecule has 1 aliphatic heterocycles. The van der Waals surface area contributed by atoms with Gasteiger partial charge in [-0.25, -0.2) is 0 Å². The number of nitrogens with two attached hydrogens (primary N) is 1. The first-order valence-corrected chi connectivity index (χ1v) is 7.58. The third-order valence-electron chi connectivity index (χ3n) is 4.62. The topological polar surface area (TPSA) is 29.3 Å². The summed E-state index contributed by atoms with van der Waals surface area (Å²) in [5.74, 6) is 0. The Bertz CT molecular complexity index is 439. The third kappa shape index (κ3) is 2.56. The van der Waals surface area contributed by atoms with Crippen molar-refractivity contribution >= 4 is 0 Å². The van der Waals surface area contributed by atoms with E-state index in [4.69, 9.17) is 5.73 Å². The first-order chi connectivity index (χ1) is 8.97. The van der Waals surface area contributed by atoms with Crippen molar-refractivity contribution in [3.05, 3.63) is 35.4 Å². The molecule has 2 unspecified atom stereocenters. The summed E-state index contributed by atoms with van der Waals surface area (Å²) in [6, 6.07) is 10.7. The first-order valence-electron chi connectivity index (χ1n) is 7.58. The monoisotopic (exact) mass is 258 g/mol. The minimum Gasteiger partial charge on any atom is -0.326 e. The second kappa shape index (κ2) is 4.60. The number of rotatable bonds is 2. The number of benzene rings is 1. The van der Waals surface area contributed by atoms with Crippen LogP contribution in [0.1, 0.15) is 57.2 Å². The van der Waals surface area contributed by atoms with Crippen LogP contribution in [0.25, 0.3) is 0 Å². The average Bonchev–Trinajstić information content (AvgIpc) is 3.12. The molecule has 2 fully saturated rings. The molecule has 0 aromatic heterocycles. The van der Waals surface area contributed by atoms with Crippen LogP contribution in [0.15, 0.2) is 24.3 Å². The van der Waals surface area contributed by atoms with E-state index in [0.29, 0.717) is 12.1 Å². The maximum absolute atomic E-state index is 6.35. The van der Waals surface area contributed by atoms with E-state index in [1.807, 2.05) is 0 Å². The minimum absolute atomic E-state index is 0.229. The van der Waals surface area contributed by atoms with Gasteiger partial charge < -0.3 is 5.73 Å². The molecule has 104 valence electrons. The molecule has 2 N–H and O–H groups in total. The molecule has 1 heterocycles. The summed E-state index contributed by atoms with van der Waals surface area (Å²) >= 11 is 0. The lowest BCUT2D eigenvalue weighted by Crippen LogP contribution is -2.33. The predicted molar refractivity (Wildman–Crippen MR) is 80.2 cm³/mol. The highest BCUT2D eigenvalue weighted by Crippen LogP contribution is 2.40. The van der Waals surface area contributed by atoms with Crippen LogP contribution in [0.4, 0.5) is 0 Å². The molecule has 19 heavy (non-hydrogen) atoms. The molecule has 2 aliphatic rings. The van der Waals surface area contributed by atoms with Gasteiger partial charge in [0, 0.05) is 18.6 Å². The van der Waals surface area contributed by atoms with Gasteiger partial charge in [-0.3, -0.25) is 4.90 Å². The van der Waals surface area contributed by atoms with Crippen molar-refractivity contribution in [1.29, 1.82) is 0 Å². The van der Waals surface area contributed by atoms with E-state index in [1.165, 1.54) is 30.5 Å². The van der Waals surface area contributed by atoms with Crippen LogP contribution in [0, 0.1) is 0 Å². The minimum atomic E-state index is 0.229. The third-order valence-corrected chi connectivity index (χ3v) is 4.62. The maximum Gasteiger partial charge on any atom is 0.0502 e. The van der Waals surface area contributed by atoms with Crippen molar-refractivity contribution in [2.24, 2.45) is 5.73 Å². The second-order valence-corrected chi connectivity index (χ2v) is 7.24. The van der Waals surface area contributed by atoms with Gasteiger partial charge in [0.2, 0.25) is 0 Å². The van der Waals surface area contributed by atoms with Gasteiger partial charge in [0.05, 0.1) is 6.04 Å². The molecule has 1 aromatic rings. The van der Waals surface area contributed by atoms with Gasteiger partial charge in [0.1, 0.15) is 0 Å². The van der Waals surface area contributed by atoms with E-state index in [1.54, 1.807) is 0 Å². The number of nitrogens with zero attached hydrogens (tertiary/aromatic N) is 1. The van der Waals surface area contributed by atoms with E-state index >= 15 is 0 Å². The Hall–Kier alpha value is -0.860. The maximum atomic E-state index is 6.35. The molecule has 2 atom stereocenters. The van der Waals surface area contributed by atoms with E-state index in [0.717, 1.165) is 12.5 Å². The van der Waals surface area contributed by atoms with Gasteiger partial charge >= 0.3 is 0 Å². The smallest absolute Gasteiger partial charge is 0.0502 e. The molecule has 1 saturated heterocycles. The fourth-order valence-electron chi connectivity index (χ4n) is 3.28. The average molecular weight is 258 g/mol. The van der Waals surface area contributed by atoms with Gasteiger partial charge in [-0.05, 0) is 35.8 Å². The molecule has 2 heteroatoms. The van der Waals surface area contributed by atoms with Crippen LogP contribution in [-0.4, -0.2) is 23.5 Å². The Balaban J connectivity index is 1.84. The van der Waals surface area contributed by atoms with Crippen LogP contribution in [0.2, 0.25) is 0 Å². The van der Waals surface area contributed by atoms with Crippen molar-refractivity contribution < 1.29 is 0 Å². The molecule has 3 rings (SSSR count). The van der Waals surface area contributed by atoms with Crippen molar-refractivity contribution in [3.63, 3.8) is 0 Å². The Morgan fingerprint density at radius 2 is 1.68 bits per heavy atom. The van der Waals surface area contributed by atoms with E-state index in [2.05, 4.69) is 49.9 Å². The van der Waals surface area contributed by atoms with E-state index in [9.17, 15) is 0 Å². The van der Waals surface area contributed by atoms with Crippen molar-refractivity contribution in [2.45, 2.75) is 63.6 Å². The summed E-state index contributed by atoms with van der Waals surface area (Å²) in [6.45, 7) is 7.97.